The lowest BCUT2D eigenvalue weighted by Gasteiger charge is -2.34. The highest BCUT2D eigenvalue weighted by molar-refractivity contribution is 5.86. The SMILES string of the molecule is CC(C)NC(=O)[C@@H]1CNCCN1C(=O)OCc1ccccc1. The van der Waals surface area contributed by atoms with Gasteiger partial charge in [-0.2, -0.15) is 0 Å². The van der Waals surface area contributed by atoms with Crippen LogP contribution < -0.4 is 10.6 Å². The Bertz CT molecular complexity index is 505. The van der Waals surface area contributed by atoms with Gasteiger partial charge in [0.15, 0.2) is 0 Å². The van der Waals surface area contributed by atoms with Gasteiger partial charge in [-0.15, -0.1) is 0 Å². The molecule has 2 N–H and O–H groups in total. The lowest BCUT2D eigenvalue weighted by atomic mass is 10.2. The van der Waals surface area contributed by atoms with Crippen molar-refractivity contribution in [3.63, 3.8) is 0 Å². The molecule has 1 aliphatic rings. The molecule has 0 aliphatic carbocycles. The van der Waals surface area contributed by atoms with Crippen LogP contribution in [0.2, 0.25) is 0 Å². The first kappa shape index (κ1) is 16.3. The number of rotatable bonds is 4. The minimum Gasteiger partial charge on any atom is -0.445 e. The van der Waals surface area contributed by atoms with Gasteiger partial charge in [-0.25, -0.2) is 4.79 Å². The number of carbonyl (C=O) groups is 2. The van der Waals surface area contributed by atoms with E-state index in [1.54, 1.807) is 0 Å². The minimum absolute atomic E-state index is 0.0385. The van der Waals surface area contributed by atoms with Crippen molar-refractivity contribution in [2.45, 2.75) is 32.5 Å². The Balaban J connectivity index is 1.94. The lowest BCUT2D eigenvalue weighted by Crippen LogP contribution is -2.60. The summed E-state index contributed by atoms with van der Waals surface area (Å²) in [5.41, 5.74) is 0.925. The van der Waals surface area contributed by atoms with Gasteiger partial charge in [0.1, 0.15) is 12.6 Å². The summed E-state index contributed by atoms with van der Waals surface area (Å²) in [6.45, 7) is 5.56. The number of hydrogen-bond acceptors (Lipinski definition) is 4. The summed E-state index contributed by atoms with van der Waals surface area (Å²) >= 11 is 0. The summed E-state index contributed by atoms with van der Waals surface area (Å²) in [6.07, 6.45) is -0.450. The summed E-state index contributed by atoms with van der Waals surface area (Å²) in [5.74, 6) is -0.154. The number of carbonyl (C=O) groups excluding carboxylic acids is 2. The molecule has 6 nitrogen and oxygen atoms in total. The third-order valence-corrected chi connectivity index (χ3v) is 3.42. The van der Waals surface area contributed by atoms with Crippen LogP contribution in [0.3, 0.4) is 0 Å². The zero-order valence-electron chi connectivity index (χ0n) is 13.0. The zero-order chi connectivity index (χ0) is 15.9. The molecule has 1 aromatic rings. The van der Waals surface area contributed by atoms with Crippen molar-refractivity contribution in [3.05, 3.63) is 35.9 Å². The van der Waals surface area contributed by atoms with Crippen LogP contribution in [0.15, 0.2) is 30.3 Å². The van der Waals surface area contributed by atoms with E-state index in [0.29, 0.717) is 19.6 Å². The molecule has 1 atom stereocenters. The smallest absolute Gasteiger partial charge is 0.410 e. The van der Waals surface area contributed by atoms with E-state index in [2.05, 4.69) is 10.6 Å². The number of nitrogens with one attached hydrogen (secondary N) is 2. The molecule has 1 fully saturated rings. The van der Waals surface area contributed by atoms with Gasteiger partial charge in [0.25, 0.3) is 0 Å². The Kier molecular flexibility index (Phi) is 5.77. The van der Waals surface area contributed by atoms with E-state index in [1.807, 2.05) is 44.2 Å². The topological polar surface area (TPSA) is 70.7 Å². The Labute approximate surface area is 130 Å². The highest BCUT2D eigenvalue weighted by Gasteiger charge is 2.33. The standard InChI is InChI=1S/C16H23N3O3/c1-12(2)18-15(20)14-10-17-8-9-19(14)16(21)22-11-13-6-4-3-5-7-13/h3-7,12,14,17H,8-11H2,1-2H3,(H,18,20)/t14-/m0/s1. The van der Waals surface area contributed by atoms with E-state index in [-0.39, 0.29) is 18.6 Å². The van der Waals surface area contributed by atoms with E-state index in [1.165, 1.54) is 4.90 Å². The lowest BCUT2D eigenvalue weighted by molar-refractivity contribution is -0.127. The molecule has 22 heavy (non-hydrogen) atoms. The van der Waals surface area contributed by atoms with Gasteiger partial charge >= 0.3 is 6.09 Å². The summed E-state index contributed by atoms with van der Waals surface area (Å²) < 4.78 is 5.33. The molecular weight excluding hydrogens is 282 g/mol. The van der Waals surface area contributed by atoms with Crippen LogP contribution in [0.1, 0.15) is 19.4 Å². The first-order valence-corrected chi connectivity index (χ1v) is 7.56. The Morgan fingerprint density at radius 2 is 2.09 bits per heavy atom. The Hall–Kier alpha value is -2.08. The van der Waals surface area contributed by atoms with Crippen molar-refractivity contribution in [1.29, 1.82) is 0 Å². The average Bonchev–Trinajstić information content (AvgIpc) is 2.53. The van der Waals surface area contributed by atoms with Crippen LogP contribution in [0, 0.1) is 0 Å². The molecule has 1 aliphatic heterocycles. The van der Waals surface area contributed by atoms with E-state index < -0.39 is 12.1 Å². The van der Waals surface area contributed by atoms with Crippen molar-refractivity contribution >= 4 is 12.0 Å². The fourth-order valence-corrected chi connectivity index (χ4v) is 2.34. The summed E-state index contributed by atoms with van der Waals surface area (Å²) in [7, 11) is 0. The highest BCUT2D eigenvalue weighted by Crippen LogP contribution is 2.09. The fourth-order valence-electron chi connectivity index (χ4n) is 2.34. The van der Waals surface area contributed by atoms with Gasteiger partial charge in [0.05, 0.1) is 0 Å². The number of piperazine rings is 1. The van der Waals surface area contributed by atoms with Crippen molar-refractivity contribution < 1.29 is 14.3 Å². The van der Waals surface area contributed by atoms with Gasteiger partial charge in [0.2, 0.25) is 5.91 Å². The number of nitrogens with zero attached hydrogens (tertiary/aromatic N) is 1. The summed E-state index contributed by atoms with van der Waals surface area (Å²) in [5, 5.41) is 5.98. The summed E-state index contributed by atoms with van der Waals surface area (Å²) in [6, 6.07) is 9.01. The first-order chi connectivity index (χ1) is 10.6. The second-order valence-electron chi connectivity index (χ2n) is 5.62. The van der Waals surface area contributed by atoms with Crippen LogP contribution in [0.4, 0.5) is 4.79 Å². The molecule has 2 amide bonds. The van der Waals surface area contributed by atoms with Crippen molar-refractivity contribution in [2.75, 3.05) is 19.6 Å². The Morgan fingerprint density at radius 1 is 1.36 bits per heavy atom. The molecule has 0 spiro atoms. The van der Waals surface area contributed by atoms with Crippen LogP contribution in [0.5, 0.6) is 0 Å². The van der Waals surface area contributed by atoms with E-state index in [9.17, 15) is 9.59 Å². The van der Waals surface area contributed by atoms with Gasteiger partial charge in [0, 0.05) is 25.7 Å². The normalized spacial score (nSPS) is 18.1. The van der Waals surface area contributed by atoms with Crippen molar-refractivity contribution in [2.24, 2.45) is 0 Å². The van der Waals surface area contributed by atoms with Gasteiger partial charge in [-0.1, -0.05) is 30.3 Å². The maximum Gasteiger partial charge on any atom is 0.410 e. The van der Waals surface area contributed by atoms with Gasteiger partial charge in [-0.05, 0) is 19.4 Å². The summed E-state index contributed by atoms with van der Waals surface area (Å²) in [4.78, 5) is 26.0. The average molecular weight is 305 g/mol. The highest BCUT2D eigenvalue weighted by atomic mass is 16.6. The molecule has 0 radical (unpaired) electrons. The van der Waals surface area contributed by atoms with Crippen LogP contribution in [0.25, 0.3) is 0 Å². The quantitative estimate of drug-likeness (QED) is 0.874. The molecule has 0 saturated carbocycles. The Morgan fingerprint density at radius 3 is 2.77 bits per heavy atom. The van der Waals surface area contributed by atoms with Crippen LogP contribution in [-0.4, -0.2) is 48.6 Å². The molecule has 0 aromatic heterocycles. The van der Waals surface area contributed by atoms with Crippen molar-refractivity contribution in [1.82, 2.24) is 15.5 Å². The minimum atomic E-state index is -0.528. The molecule has 0 unspecified atom stereocenters. The molecular formula is C16H23N3O3. The third-order valence-electron chi connectivity index (χ3n) is 3.42. The second-order valence-corrected chi connectivity index (χ2v) is 5.62. The molecule has 120 valence electrons. The van der Waals surface area contributed by atoms with E-state index >= 15 is 0 Å². The van der Waals surface area contributed by atoms with Crippen LogP contribution in [-0.2, 0) is 16.1 Å². The molecule has 1 aromatic carbocycles. The fraction of sp³-hybridized carbons (Fsp3) is 0.500. The maximum absolute atomic E-state index is 12.3. The molecule has 0 bridgehead atoms. The predicted octanol–water partition coefficient (Wildman–Crippen LogP) is 1.12. The second kappa shape index (κ2) is 7.79. The van der Waals surface area contributed by atoms with Crippen LogP contribution >= 0.6 is 0 Å². The van der Waals surface area contributed by atoms with E-state index in [4.69, 9.17) is 4.74 Å². The third kappa shape index (κ3) is 4.46. The monoisotopic (exact) mass is 305 g/mol. The maximum atomic E-state index is 12.3. The zero-order valence-corrected chi connectivity index (χ0v) is 13.0. The van der Waals surface area contributed by atoms with Gasteiger partial charge < -0.3 is 15.4 Å². The first-order valence-electron chi connectivity index (χ1n) is 7.56. The van der Waals surface area contributed by atoms with E-state index in [0.717, 1.165) is 5.56 Å². The largest absolute Gasteiger partial charge is 0.445 e. The van der Waals surface area contributed by atoms with Crippen molar-refractivity contribution in [3.8, 4) is 0 Å². The number of ether oxygens (including phenoxy) is 1. The number of amides is 2. The number of hydrogen-bond donors (Lipinski definition) is 2. The number of benzene rings is 1. The predicted molar refractivity (Wildman–Crippen MR) is 83.3 cm³/mol. The van der Waals surface area contributed by atoms with Gasteiger partial charge in [-0.3, -0.25) is 9.69 Å². The molecule has 1 heterocycles. The molecule has 6 heteroatoms. The molecule has 2 rings (SSSR count). The molecule has 1 saturated heterocycles.